The molecular formula is C18H23F2N3O4. The first-order valence-electron chi connectivity index (χ1n) is 8.92. The number of nitrogens with zero attached hydrogens (tertiary/aromatic N) is 1. The van der Waals surface area contributed by atoms with Crippen molar-refractivity contribution in [3.05, 3.63) is 23.8 Å². The van der Waals surface area contributed by atoms with E-state index in [9.17, 15) is 18.4 Å². The van der Waals surface area contributed by atoms with Gasteiger partial charge in [0.15, 0.2) is 17.4 Å². The predicted molar refractivity (Wildman–Crippen MR) is 93.8 cm³/mol. The lowest BCUT2D eigenvalue weighted by atomic mass is 9.85. The van der Waals surface area contributed by atoms with Gasteiger partial charge < -0.3 is 20.5 Å². The molecule has 2 aliphatic rings. The molecule has 0 aliphatic heterocycles. The molecule has 0 atom stereocenters. The Labute approximate surface area is 155 Å². The van der Waals surface area contributed by atoms with Gasteiger partial charge in [-0.15, -0.1) is 0 Å². The zero-order valence-corrected chi connectivity index (χ0v) is 15.0. The van der Waals surface area contributed by atoms with Crippen LogP contribution in [0.5, 0.6) is 5.75 Å². The molecule has 0 spiro atoms. The van der Waals surface area contributed by atoms with Crippen LogP contribution in [0.25, 0.3) is 0 Å². The number of carboxylic acids is 1. The van der Waals surface area contributed by atoms with E-state index in [-0.39, 0.29) is 24.3 Å². The number of methoxy groups -OCH3 is 1. The van der Waals surface area contributed by atoms with Gasteiger partial charge in [-0.05, 0) is 31.6 Å². The van der Waals surface area contributed by atoms with Crippen LogP contribution in [0.4, 0.5) is 19.3 Å². The Morgan fingerprint density at radius 2 is 1.89 bits per heavy atom. The second-order valence-electron chi connectivity index (χ2n) is 7.16. The average molecular weight is 383 g/mol. The molecule has 2 fully saturated rings. The molecule has 3 N–H and O–H groups in total. The Morgan fingerprint density at radius 3 is 2.41 bits per heavy atom. The maximum absolute atomic E-state index is 13.7. The number of anilines is 1. The van der Waals surface area contributed by atoms with Crippen molar-refractivity contribution in [1.82, 2.24) is 10.2 Å². The van der Waals surface area contributed by atoms with Crippen molar-refractivity contribution in [2.45, 2.75) is 37.8 Å². The van der Waals surface area contributed by atoms with Crippen molar-refractivity contribution in [3.8, 4) is 5.75 Å². The zero-order valence-electron chi connectivity index (χ0n) is 15.0. The molecule has 0 heterocycles. The SMILES string of the molecule is COc1c(F)cc(NC(=O)NC2CC(N(CC(=O)O)CC3CC3)C2)cc1F. The summed E-state index contributed by atoms with van der Waals surface area (Å²) in [6.45, 7) is 0.783. The van der Waals surface area contributed by atoms with Gasteiger partial charge in [0.1, 0.15) is 0 Å². The van der Waals surface area contributed by atoms with E-state index in [0.29, 0.717) is 18.8 Å². The first-order chi connectivity index (χ1) is 12.9. The van der Waals surface area contributed by atoms with E-state index in [0.717, 1.165) is 38.6 Å². The van der Waals surface area contributed by atoms with Crippen LogP contribution in [0.15, 0.2) is 12.1 Å². The number of benzene rings is 1. The van der Waals surface area contributed by atoms with E-state index in [4.69, 9.17) is 5.11 Å². The number of carbonyl (C=O) groups is 2. The minimum absolute atomic E-state index is 0.00445. The molecule has 2 amide bonds. The number of amides is 2. The number of carbonyl (C=O) groups excluding carboxylic acids is 1. The molecule has 1 aromatic carbocycles. The van der Waals surface area contributed by atoms with Crippen LogP contribution < -0.4 is 15.4 Å². The summed E-state index contributed by atoms with van der Waals surface area (Å²) in [6, 6.07) is 1.43. The summed E-state index contributed by atoms with van der Waals surface area (Å²) in [5, 5.41) is 14.2. The third kappa shape index (κ3) is 5.06. The molecule has 3 rings (SSSR count). The number of rotatable bonds is 8. The lowest BCUT2D eigenvalue weighted by molar-refractivity contribution is -0.139. The Bertz CT molecular complexity index is 698. The molecule has 148 valence electrons. The van der Waals surface area contributed by atoms with Gasteiger partial charge >= 0.3 is 12.0 Å². The second kappa shape index (κ2) is 8.08. The highest BCUT2D eigenvalue weighted by Crippen LogP contribution is 2.34. The van der Waals surface area contributed by atoms with Crippen LogP contribution in [0, 0.1) is 17.6 Å². The second-order valence-corrected chi connectivity index (χ2v) is 7.16. The highest BCUT2D eigenvalue weighted by Gasteiger charge is 2.37. The molecule has 2 saturated carbocycles. The van der Waals surface area contributed by atoms with Crippen LogP contribution >= 0.6 is 0 Å². The van der Waals surface area contributed by atoms with Gasteiger partial charge in [0.25, 0.3) is 0 Å². The fourth-order valence-electron chi connectivity index (χ4n) is 3.33. The Kier molecular flexibility index (Phi) is 5.79. The summed E-state index contributed by atoms with van der Waals surface area (Å²) < 4.78 is 31.9. The molecule has 0 radical (unpaired) electrons. The highest BCUT2D eigenvalue weighted by molar-refractivity contribution is 5.89. The summed E-state index contributed by atoms with van der Waals surface area (Å²) in [7, 11) is 1.16. The van der Waals surface area contributed by atoms with Crippen molar-refractivity contribution in [3.63, 3.8) is 0 Å². The van der Waals surface area contributed by atoms with Gasteiger partial charge in [0.2, 0.25) is 0 Å². The standard InChI is InChI=1S/C18H23F2N3O4/c1-27-17-14(19)6-12(7-15(17)20)22-18(26)21-11-4-13(5-11)23(9-16(24)25)8-10-2-3-10/h6-7,10-11,13H,2-5,8-9H2,1H3,(H,24,25)(H2,21,22,26). The lowest BCUT2D eigenvalue weighted by Crippen LogP contribution is -2.55. The van der Waals surface area contributed by atoms with Crippen LogP contribution in [-0.2, 0) is 4.79 Å². The molecule has 27 heavy (non-hydrogen) atoms. The third-order valence-electron chi connectivity index (χ3n) is 4.95. The van der Waals surface area contributed by atoms with Gasteiger partial charge in [-0.2, -0.15) is 0 Å². The number of ether oxygens (including phenoxy) is 1. The monoisotopic (exact) mass is 383 g/mol. The van der Waals surface area contributed by atoms with Crippen molar-refractivity contribution in [1.29, 1.82) is 0 Å². The predicted octanol–water partition coefficient (Wildman–Crippen LogP) is 2.42. The normalized spacial score (nSPS) is 21.5. The summed E-state index contributed by atoms with van der Waals surface area (Å²) in [5.41, 5.74) is -0.0135. The van der Waals surface area contributed by atoms with E-state index in [1.165, 1.54) is 0 Å². The number of nitrogens with one attached hydrogen (secondary N) is 2. The Morgan fingerprint density at radius 1 is 1.26 bits per heavy atom. The molecule has 7 nitrogen and oxygen atoms in total. The van der Waals surface area contributed by atoms with Crippen molar-refractivity contribution in [2.75, 3.05) is 25.5 Å². The maximum atomic E-state index is 13.7. The van der Waals surface area contributed by atoms with E-state index in [2.05, 4.69) is 15.4 Å². The first-order valence-corrected chi connectivity index (χ1v) is 8.92. The molecule has 1 aromatic rings. The minimum atomic E-state index is -0.902. The van der Waals surface area contributed by atoms with E-state index < -0.39 is 29.4 Å². The number of halogens is 2. The zero-order chi connectivity index (χ0) is 19.6. The number of carboxylic acid groups (broad SMARTS) is 1. The summed E-state index contributed by atoms with van der Waals surface area (Å²) in [4.78, 5) is 25.0. The largest absolute Gasteiger partial charge is 0.491 e. The quantitative estimate of drug-likeness (QED) is 0.641. The Balaban J connectivity index is 1.47. The molecule has 2 aliphatic carbocycles. The third-order valence-corrected chi connectivity index (χ3v) is 4.95. The molecule has 0 aromatic heterocycles. The van der Waals surface area contributed by atoms with Crippen molar-refractivity contribution >= 4 is 17.7 Å². The van der Waals surface area contributed by atoms with E-state index in [1.54, 1.807) is 0 Å². The van der Waals surface area contributed by atoms with Gasteiger partial charge in [0, 0.05) is 36.4 Å². The summed E-state index contributed by atoms with van der Waals surface area (Å²) in [6.07, 6.45) is 3.58. The summed E-state index contributed by atoms with van der Waals surface area (Å²) in [5.74, 6) is -2.58. The smallest absolute Gasteiger partial charge is 0.319 e. The Hall–Kier alpha value is -2.42. The molecule has 9 heteroatoms. The number of hydrogen-bond donors (Lipinski definition) is 3. The van der Waals surface area contributed by atoms with Gasteiger partial charge in [-0.25, -0.2) is 13.6 Å². The van der Waals surface area contributed by atoms with Crippen LogP contribution in [-0.4, -0.2) is 54.3 Å². The average Bonchev–Trinajstić information content (AvgIpc) is 3.33. The van der Waals surface area contributed by atoms with Crippen molar-refractivity contribution < 1.29 is 28.2 Å². The number of urea groups is 1. The summed E-state index contributed by atoms with van der Waals surface area (Å²) >= 11 is 0. The van der Waals surface area contributed by atoms with E-state index in [1.807, 2.05) is 4.90 Å². The number of aliphatic carboxylic acids is 1. The van der Waals surface area contributed by atoms with E-state index >= 15 is 0 Å². The molecule has 0 bridgehead atoms. The lowest BCUT2D eigenvalue weighted by Gasteiger charge is -2.42. The minimum Gasteiger partial charge on any atom is -0.491 e. The molecular weight excluding hydrogens is 360 g/mol. The fourth-order valence-corrected chi connectivity index (χ4v) is 3.33. The van der Waals surface area contributed by atoms with Gasteiger partial charge in [0.05, 0.1) is 13.7 Å². The molecule has 0 saturated heterocycles. The van der Waals surface area contributed by atoms with Crippen LogP contribution in [0.2, 0.25) is 0 Å². The van der Waals surface area contributed by atoms with Gasteiger partial charge in [-0.1, -0.05) is 0 Å². The fraction of sp³-hybridized carbons (Fsp3) is 0.556. The van der Waals surface area contributed by atoms with Crippen LogP contribution in [0.1, 0.15) is 25.7 Å². The topological polar surface area (TPSA) is 90.9 Å². The molecule has 0 unspecified atom stereocenters. The highest BCUT2D eigenvalue weighted by atomic mass is 19.1. The number of hydrogen-bond acceptors (Lipinski definition) is 4. The maximum Gasteiger partial charge on any atom is 0.319 e. The van der Waals surface area contributed by atoms with Gasteiger partial charge in [-0.3, -0.25) is 9.69 Å². The first kappa shape index (κ1) is 19.3. The van der Waals surface area contributed by atoms with Crippen molar-refractivity contribution in [2.24, 2.45) is 5.92 Å². The van der Waals surface area contributed by atoms with Crippen LogP contribution in [0.3, 0.4) is 0 Å².